The van der Waals surface area contributed by atoms with E-state index < -0.39 is 24.0 Å². The Balaban J connectivity index is 1.51. The molecule has 0 bridgehead atoms. The molecule has 0 aliphatic rings. The van der Waals surface area contributed by atoms with Crippen LogP contribution in [0.15, 0.2) is 48.7 Å². The number of hydrogen-bond acceptors (Lipinski definition) is 6. The number of nitrogens with two attached hydrogens (primary N) is 2. The van der Waals surface area contributed by atoms with Gasteiger partial charge in [0.2, 0.25) is 0 Å². The van der Waals surface area contributed by atoms with Gasteiger partial charge in [0.15, 0.2) is 0 Å². The first-order valence-electron chi connectivity index (χ1n) is 9.75. The van der Waals surface area contributed by atoms with Gasteiger partial charge in [-0.2, -0.15) is 0 Å². The summed E-state index contributed by atoms with van der Waals surface area (Å²) < 4.78 is 11.4. The molecule has 7 N–H and O–H groups in total. The first kappa shape index (κ1) is 22.1. The lowest BCUT2D eigenvalue weighted by atomic mass is 10.1. The van der Waals surface area contributed by atoms with Crippen LogP contribution in [0.4, 0.5) is 0 Å². The van der Waals surface area contributed by atoms with Crippen LogP contribution in [0.5, 0.6) is 11.5 Å². The summed E-state index contributed by atoms with van der Waals surface area (Å²) in [5.74, 6) is -0.801. The molecule has 0 saturated carbocycles. The number of carboxylic acid groups (broad SMARTS) is 2. The zero-order valence-electron chi connectivity index (χ0n) is 16.8. The van der Waals surface area contributed by atoms with Crippen molar-refractivity contribution in [3.8, 4) is 11.5 Å². The largest absolute Gasteiger partial charge is 0.490 e. The fraction of sp³-hybridized carbons (Fsp3) is 0.273. The summed E-state index contributed by atoms with van der Waals surface area (Å²) in [4.78, 5) is 24.9. The SMILES string of the molecule is NC(Cc1ccc(OCCOc2ccc3[nH]cc(C[C@H](N)C(=O)O)c3c2)cc1)C(=O)O. The second kappa shape index (κ2) is 9.96. The Morgan fingerprint density at radius 1 is 0.871 bits per heavy atom. The summed E-state index contributed by atoms with van der Waals surface area (Å²) >= 11 is 0. The van der Waals surface area contributed by atoms with Gasteiger partial charge in [-0.1, -0.05) is 12.1 Å². The summed E-state index contributed by atoms with van der Waals surface area (Å²) in [5.41, 5.74) is 13.7. The predicted molar refractivity (Wildman–Crippen MR) is 114 cm³/mol. The maximum atomic E-state index is 11.0. The van der Waals surface area contributed by atoms with Crippen molar-refractivity contribution < 1.29 is 29.3 Å². The molecule has 0 fully saturated rings. The first-order chi connectivity index (χ1) is 14.8. The summed E-state index contributed by atoms with van der Waals surface area (Å²) in [7, 11) is 0. The molecule has 31 heavy (non-hydrogen) atoms. The highest BCUT2D eigenvalue weighted by atomic mass is 16.5. The number of aromatic amines is 1. The van der Waals surface area contributed by atoms with Gasteiger partial charge in [0, 0.05) is 23.5 Å². The minimum Gasteiger partial charge on any atom is -0.490 e. The molecule has 0 aliphatic heterocycles. The summed E-state index contributed by atoms with van der Waals surface area (Å²) in [5, 5.41) is 18.7. The van der Waals surface area contributed by atoms with Gasteiger partial charge in [-0.3, -0.25) is 9.59 Å². The van der Waals surface area contributed by atoms with Gasteiger partial charge in [-0.05, 0) is 47.9 Å². The molecule has 3 rings (SSSR count). The van der Waals surface area contributed by atoms with Gasteiger partial charge < -0.3 is 36.1 Å². The quantitative estimate of drug-likeness (QED) is 0.288. The van der Waals surface area contributed by atoms with Crippen molar-refractivity contribution in [2.24, 2.45) is 11.5 Å². The van der Waals surface area contributed by atoms with E-state index >= 15 is 0 Å². The molecule has 3 aromatic rings. The van der Waals surface area contributed by atoms with Gasteiger partial charge in [0.25, 0.3) is 0 Å². The second-order valence-electron chi connectivity index (χ2n) is 7.16. The molecular weight excluding hydrogens is 402 g/mol. The van der Waals surface area contributed by atoms with Crippen molar-refractivity contribution in [3.05, 3.63) is 59.8 Å². The first-order valence-corrected chi connectivity index (χ1v) is 9.75. The fourth-order valence-electron chi connectivity index (χ4n) is 3.12. The van der Waals surface area contributed by atoms with Crippen LogP contribution in [-0.2, 0) is 22.4 Å². The Morgan fingerprint density at radius 3 is 2.10 bits per heavy atom. The number of rotatable bonds is 11. The van der Waals surface area contributed by atoms with E-state index in [1.54, 1.807) is 30.5 Å². The number of fused-ring (bicyclic) bond motifs is 1. The van der Waals surface area contributed by atoms with Crippen LogP contribution in [-0.4, -0.2) is 52.4 Å². The van der Waals surface area contributed by atoms with Gasteiger partial charge in [0.1, 0.15) is 36.8 Å². The molecule has 0 saturated heterocycles. The molecule has 0 aliphatic carbocycles. The number of hydrogen-bond donors (Lipinski definition) is 5. The third-order valence-corrected chi connectivity index (χ3v) is 4.81. The number of aliphatic carboxylic acids is 2. The summed E-state index contributed by atoms with van der Waals surface area (Å²) in [6, 6.07) is 10.7. The average molecular weight is 427 g/mol. The summed E-state index contributed by atoms with van der Waals surface area (Å²) in [6.45, 7) is 0.626. The van der Waals surface area contributed by atoms with Crippen LogP contribution < -0.4 is 20.9 Å². The Bertz CT molecular complexity index is 1050. The number of ether oxygens (including phenoxy) is 2. The average Bonchev–Trinajstić information content (AvgIpc) is 3.14. The van der Waals surface area contributed by atoms with E-state index in [1.165, 1.54) is 0 Å². The lowest BCUT2D eigenvalue weighted by Crippen LogP contribution is -2.32. The Morgan fingerprint density at radius 2 is 1.45 bits per heavy atom. The minimum atomic E-state index is -1.04. The van der Waals surface area contributed by atoms with E-state index in [4.69, 9.17) is 31.2 Å². The number of H-pyrrole nitrogens is 1. The van der Waals surface area contributed by atoms with Crippen molar-refractivity contribution in [2.45, 2.75) is 24.9 Å². The topological polar surface area (TPSA) is 161 Å². The van der Waals surface area contributed by atoms with Gasteiger partial charge in [-0.25, -0.2) is 0 Å². The summed E-state index contributed by atoms with van der Waals surface area (Å²) in [6.07, 6.45) is 2.22. The van der Waals surface area contributed by atoms with Gasteiger partial charge >= 0.3 is 11.9 Å². The standard InChI is InChI=1S/C22H25N3O6/c23-18(21(26)27)9-13-1-3-15(4-2-13)30-7-8-31-16-5-6-20-17(11-16)14(12-25-20)10-19(24)22(28)29/h1-6,11-12,18-19,25H,7-10,23-24H2,(H,26,27)(H,28,29)/t18?,19-/m0/s1. The third kappa shape index (κ3) is 5.97. The highest BCUT2D eigenvalue weighted by Crippen LogP contribution is 2.24. The van der Waals surface area contributed by atoms with E-state index in [0.717, 1.165) is 22.0 Å². The molecule has 0 amide bonds. The van der Waals surface area contributed by atoms with Gasteiger partial charge in [0.05, 0.1) is 0 Å². The van der Waals surface area contributed by atoms with E-state index in [1.807, 2.05) is 18.2 Å². The molecule has 1 unspecified atom stereocenters. The zero-order valence-corrected chi connectivity index (χ0v) is 16.8. The van der Waals surface area contributed by atoms with Gasteiger partial charge in [-0.15, -0.1) is 0 Å². The van der Waals surface area contributed by atoms with Crippen LogP contribution in [0.3, 0.4) is 0 Å². The molecule has 0 radical (unpaired) electrons. The molecule has 0 spiro atoms. The van der Waals surface area contributed by atoms with E-state index in [2.05, 4.69) is 4.98 Å². The lowest BCUT2D eigenvalue weighted by molar-refractivity contribution is -0.139. The number of carboxylic acids is 2. The number of nitrogens with one attached hydrogen (secondary N) is 1. The monoisotopic (exact) mass is 427 g/mol. The van der Waals surface area contributed by atoms with Crippen LogP contribution in [0.1, 0.15) is 11.1 Å². The number of benzene rings is 2. The van der Waals surface area contributed by atoms with Crippen molar-refractivity contribution >= 4 is 22.8 Å². The Kier molecular flexibility index (Phi) is 7.11. The smallest absolute Gasteiger partial charge is 0.320 e. The molecule has 2 atom stereocenters. The third-order valence-electron chi connectivity index (χ3n) is 4.81. The Labute approximate surface area is 178 Å². The minimum absolute atomic E-state index is 0.218. The van der Waals surface area contributed by atoms with Crippen LogP contribution in [0.25, 0.3) is 10.9 Å². The highest BCUT2D eigenvalue weighted by Gasteiger charge is 2.15. The predicted octanol–water partition coefficient (Wildman–Crippen LogP) is 1.53. The van der Waals surface area contributed by atoms with E-state index in [-0.39, 0.29) is 12.8 Å². The number of aromatic nitrogens is 1. The lowest BCUT2D eigenvalue weighted by Gasteiger charge is -2.10. The molecule has 9 heteroatoms. The van der Waals surface area contributed by atoms with Crippen LogP contribution in [0.2, 0.25) is 0 Å². The maximum absolute atomic E-state index is 11.0. The van der Waals surface area contributed by atoms with Crippen LogP contribution >= 0.6 is 0 Å². The zero-order chi connectivity index (χ0) is 22.4. The highest BCUT2D eigenvalue weighted by molar-refractivity contribution is 5.85. The van der Waals surface area contributed by atoms with E-state index in [9.17, 15) is 9.59 Å². The van der Waals surface area contributed by atoms with Crippen molar-refractivity contribution in [1.29, 1.82) is 0 Å². The van der Waals surface area contributed by atoms with E-state index in [0.29, 0.717) is 24.7 Å². The Hall–Kier alpha value is -3.56. The van der Waals surface area contributed by atoms with Crippen molar-refractivity contribution in [1.82, 2.24) is 4.98 Å². The van der Waals surface area contributed by atoms with Crippen molar-refractivity contribution in [3.63, 3.8) is 0 Å². The molecular formula is C22H25N3O6. The van der Waals surface area contributed by atoms with Crippen molar-refractivity contribution in [2.75, 3.05) is 13.2 Å². The fourth-order valence-corrected chi connectivity index (χ4v) is 3.12. The normalized spacial score (nSPS) is 13.0. The molecule has 164 valence electrons. The number of carbonyl (C=O) groups is 2. The molecule has 1 aromatic heterocycles. The second-order valence-corrected chi connectivity index (χ2v) is 7.16. The van der Waals surface area contributed by atoms with Crippen LogP contribution in [0, 0.1) is 0 Å². The molecule has 2 aromatic carbocycles. The molecule has 1 heterocycles. The maximum Gasteiger partial charge on any atom is 0.320 e. The molecule has 9 nitrogen and oxygen atoms in total.